The standard InChI is InChI=1S/C17H14BrN3O6S/c1-2-27-14-6-3-9(7-13(14)21(25)26)15(22)20-17(28)19-12-5-4-10(18)8-11(12)16(23)24/h3-8H,2H2,1H3,(H,23,24)(H2,19,20,22,28). The van der Waals surface area contributed by atoms with E-state index in [9.17, 15) is 24.8 Å². The maximum Gasteiger partial charge on any atom is 0.337 e. The van der Waals surface area contributed by atoms with Crippen molar-refractivity contribution in [3.05, 3.63) is 62.1 Å². The van der Waals surface area contributed by atoms with E-state index >= 15 is 0 Å². The third-order valence-corrected chi connectivity index (χ3v) is 4.10. The first-order valence-corrected chi connectivity index (χ1v) is 8.99. The smallest absolute Gasteiger partial charge is 0.337 e. The molecule has 0 unspecified atom stereocenters. The summed E-state index contributed by atoms with van der Waals surface area (Å²) in [5.74, 6) is -1.83. The van der Waals surface area contributed by atoms with Crippen molar-refractivity contribution in [2.24, 2.45) is 0 Å². The average Bonchev–Trinajstić information content (AvgIpc) is 2.63. The van der Waals surface area contributed by atoms with Crippen molar-refractivity contribution in [3.63, 3.8) is 0 Å². The van der Waals surface area contributed by atoms with Gasteiger partial charge in [-0.2, -0.15) is 0 Å². The van der Waals surface area contributed by atoms with Crippen molar-refractivity contribution >= 4 is 56.5 Å². The van der Waals surface area contributed by atoms with Crippen LogP contribution in [0.25, 0.3) is 0 Å². The molecular formula is C17H14BrN3O6S. The molecule has 2 rings (SSSR count). The molecule has 11 heteroatoms. The van der Waals surface area contributed by atoms with Gasteiger partial charge >= 0.3 is 11.7 Å². The number of amides is 1. The van der Waals surface area contributed by atoms with Crippen LogP contribution in [0.3, 0.4) is 0 Å². The van der Waals surface area contributed by atoms with Gasteiger partial charge in [0.2, 0.25) is 0 Å². The molecule has 0 aliphatic carbocycles. The van der Waals surface area contributed by atoms with Gasteiger partial charge in [-0.1, -0.05) is 15.9 Å². The molecule has 0 radical (unpaired) electrons. The number of nitrogens with one attached hydrogen (secondary N) is 2. The molecule has 0 aliphatic rings. The van der Waals surface area contributed by atoms with Crippen LogP contribution in [0.15, 0.2) is 40.9 Å². The molecule has 146 valence electrons. The van der Waals surface area contributed by atoms with Gasteiger partial charge in [0.1, 0.15) is 0 Å². The van der Waals surface area contributed by atoms with Crippen molar-refractivity contribution in [2.75, 3.05) is 11.9 Å². The monoisotopic (exact) mass is 467 g/mol. The maximum absolute atomic E-state index is 12.3. The van der Waals surface area contributed by atoms with Gasteiger partial charge in [0.05, 0.1) is 22.8 Å². The van der Waals surface area contributed by atoms with Crippen molar-refractivity contribution in [1.82, 2.24) is 5.32 Å². The van der Waals surface area contributed by atoms with Crippen molar-refractivity contribution in [2.45, 2.75) is 6.92 Å². The molecule has 0 atom stereocenters. The van der Waals surface area contributed by atoms with Crippen LogP contribution < -0.4 is 15.4 Å². The lowest BCUT2D eigenvalue weighted by Crippen LogP contribution is -2.34. The van der Waals surface area contributed by atoms with E-state index in [1.54, 1.807) is 13.0 Å². The second kappa shape index (κ2) is 9.24. The number of carbonyl (C=O) groups excluding carboxylic acids is 1. The molecule has 0 aromatic heterocycles. The predicted octanol–water partition coefficient (Wildman–Crippen LogP) is 3.58. The van der Waals surface area contributed by atoms with Crippen LogP contribution in [0, 0.1) is 10.1 Å². The fourth-order valence-electron chi connectivity index (χ4n) is 2.21. The highest BCUT2D eigenvalue weighted by Crippen LogP contribution is 2.28. The second-order valence-electron chi connectivity index (χ2n) is 5.28. The van der Waals surface area contributed by atoms with Crippen LogP contribution >= 0.6 is 28.1 Å². The van der Waals surface area contributed by atoms with Gasteiger partial charge in [-0.15, -0.1) is 0 Å². The number of nitro benzene ring substituents is 1. The molecule has 0 fully saturated rings. The molecule has 2 aromatic carbocycles. The largest absolute Gasteiger partial charge is 0.487 e. The first-order chi connectivity index (χ1) is 13.2. The van der Waals surface area contributed by atoms with Crippen molar-refractivity contribution in [3.8, 4) is 5.75 Å². The Morgan fingerprint density at radius 2 is 2.00 bits per heavy atom. The third kappa shape index (κ3) is 5.24. The second-order valence-corrected chi connectivity index (χ2v) is 6.60. The summed E-state index contributed by atoms with van der Waals surface area (Å²) in [5.41, 5.74) is -0.232. The zero-order chi connectivity index (χ0) is 20.8. The van der Waals surface area contributed by atoms with E-state index in [-0.39, 0.29) is 40.0 Å². The number of benzene rings is 2. The molecule has 2 aromatic rings. The number of carboxylic acids is 1. The minimum Gasteiger partial charge on any atom is -0.487 e. The molecule has 9 nitrogen and oxygen atoms in total. The number of aromatic carboxylic acids is 1. The zero-order valence-electron chi connectivity index (χ0n) is 14.4. The fourth-order valence-corrected chi connectivity index (χ4v) is 2.77. The van der Waals surface area contributed by atoms with Crippen LogP contribution in [0.5, 0.6) is 5.75 Å². The van der Waals surface area contributed by atoms with Crippen LogP contribution in [0.4, 0.5) is 11.4 Å². The SMILES string of the molecule is CCOc1ccc(C(=O)NC(=S)Nc2ccc(Br)cc2C(=O)O)cc1[N+](=O)[O-]. The summed E-state index contributed by atoms with van der Waals surface area (Å²) in [5, 5.41) is 25.2. The summed E-state index contributed by atoms with van der Waals surface area (Å²) in [4.78, 5) is 34.2. The van der Waals surface area contributed by atoms with E-state index in [2.05, 4.69) is 26.6 Å². The predicted molar refractivity (Wildman–Crippen MR) is 109 cm³/mol. The first-order valence-electron chi connectivity index (χ1n) is 7.79. The number of nitrogens with zero attached hydrogens (tertiary/aromatic N) is 1. The minimum atomic E-state index is -1.18. The molecule has 0 spiro atoms. The van der Waals surface area contributed by atoms with E-state index in [4.69, 9.17) is 17.0 Å². The lowest BCUT2D eigenvalue weighted by Gasteiger charge is -2.12. The third-order valence-electron chi connectivity index (χ3n) is 3.40. The number of ether oxygens (including phenoxy) is 1. The van der Waals surface area contributed by atoms with E-state index in [0.29, 0.717) is 4.47 Å². The molecular weight excluding hydrogens is 454 g/mol. The molecule has 0 saturated carbocycles. The number of thiocarbonyl (C=S) groups is 1. The maximum atomic E-state index is 12.3. The van der Waals surface area contributed by atoms with E-state index < -0.39 is 16.8 Å². The Hall–Kier alpha value is -3.05. The summed E-state index contributed by atoms with van der Waals surface area (Å²) in [6.07, 6.45) is 0. The van der Waals surface area contributed by atoms with Crippen LogP contribution in [-0.4, -0.2) is 33.6 Å². The molecule has 0 saturated heterocycles. The summed E-state index contributed by atoms with van der Waals surface area (Å²) in [6.45, 7) is 1.92. The number of hydrogen-bond donors (Lipinski definition) is 3. The summed E-state index contributed by atoms with van der Waals surface area (Å²) >= 11 is 8.21. The van der Waals surface area contributed by atoms with E-state index in [1.165, 1.54) is 24.3 Å². The topological polar surface area (TPSA) is 131 Å². The summed E-state index contributed by atoms with van der Waals surface area (Å²) in [7, 11) is 0. The van der Waals surface area contributed by atoms with Crippen molar-refractivity contribution < 1.29 is 24.4 Å². The summed E-state index contributed by atoms with van der Waals surface area (Å²) in [6, 6.07) is 8.22. The number of nitro groups is 1. The van der Waals surface area contributed by atoms with Gasteiger partial charge in [-0.25, -0.2) is 4.79 Å². The highest BCUT2D eigenvalue weighted by Gasteiger charge is 2.19. The molecule has 3 N–H and O–H groups in total. The van der Waals surface area contributed by atoms with Crippen LogP contribution in [0.1, 0.15) is 27.6 Å². The van der Waals surface area contributed by atoms with Gasteiger partial charge in [-0.05, 0) is 49.5 Å². The first kappa shape index (κ1) is 21.3. The number of anilines is 1. The number of hydrogen-bond acceptors (Lipinski definition) is 6. The Morgan fingerprint density at radius 1 is 1.29 bits per heavy atom. The van der Waals surface area contributed by atoms with E-state index in [1.807, 2.05) is 0 Å². The molecule has 0 heterocycles. The average molecular weight is 468 g/mol. The van der Waals surface area contributed by atoms with Crippen molar-refractivity contribution in [1.29, 1.82) is 0 Å². The van der Waals surface area contributed by atoms with E-state index in [0.717, 1.165) is 6.07 Å². The number of rotatable bonds is 6. The Balaban J connectivity index is 2.17. The Morgan fingerprint density at radius 3 is 2.61 bits per heavy atom. The zero-order valence-corrected chi connectivity index (χ0v) is 16.8. The molecule has 0 bridgehead atoms. The molecule has 0 aliphatic heterocycles. The highest BCUT2D eigenvalue weighted by molar-refractivity contribution is 9.10. The Bertz CT molecular complexity index is 966. The molecule has 1 amide bonds. The quantitative estimate of drug-likeness (QED) is 0.333. The highest BCUT2D eigenvalue weighted by atomic mass is 79.9. The number of carboxylic acid groups (broad SMARTS) is 1. The minimum absolute atomic E-state index is 0.00596. The number of halogens is 1. The number of carbonyl (C=O) groups is 2. The van der Waals surface area contributed by atoms with Crippen LogP contribution in [-0.2, 0) is 0 Å². The Labute approximate surface area is 173 Å². The van der Waals surface area contributed by atoms with Crippen LogP contribution in [0.2, 0.25) is 0 Å². The Kier molecular flexibility index (Phi) is 7.01. The van der Waals surface area contributed by atoms with Gasteiger partial charge < -0.3 is 15.2 Å². The summed E-state index contributed by atoms with van der Waals surface area (Å²) < 4.78 is 5.73. The lowest BCUT2D eigenvalue weighted by atomic mass is 10.1. The lowest BCUT2D eigenvalue weighted by molar-refractivity contribution is -0.385. The fraction of sp³-hybridized carbons (Fsp3) is 0.118. The van der Waals surface area contributed by atoms with Gasteiger partial charge in [0.15, 0.2) is 10.9 Å². The normalized spacial score (nSPS) is 10.1. The van der Waals surface area contributed by atoms with Gasteiger partial charge in [0, 0.05) is 16.1 Å². The molecule has 28 heavy (non-hydrogen) atoms. The van der Waals surface area contributed by atoms with Gasteiger partial charge in [-0.3, -0.25) is 20.2 Å². The van der Waals surface area contributed by atoms with Gasteiger partial charge in [0.25, 0.3) is 5.91 Å².